The molecule has 0 radical (unpaired) electrons. The van der Waals surface area contributed by atoms with Gasteiger partial charge in [0.05, 0.1) is 11.5 Å². The van der Waals surface area contributed by atoms with Crippen molar-refractivity contribution in [2.75, 3.05) is 26.3 Å². The molecule has 2 N–H and O–H groups in total. The first-order valence-corrected chi connectivity index (χ1v) is 10.4. The number of benzene rings is 1. The number of nitrogens with zero attached hydrogens (tertiary/aromatic N) is 1. The lowest BCUT2D eigenvalue weighted by Crippen LogP contribution is -2.55. The van der Waals surface area contributed by atoms with E-state index in [0.717, 1.165) is 19.3 Å². The number of aliphatic carboxylic acids is 1. The van der Waals surface area contributed by atoms with Crippen LogP contribution in [0.25, 0.3) is 0 Å². The van der Waals surface area contributed by atoms with Crippen LogP contribution < -0.4 is 5.32 Å². The summed E-state index contributed by atoms with van der Waals surface area (Å²) in [6, 6.07) is 4.41. The zero-order chi connectivity index (χ0) is 19.7. The third kappa shape index (κ3) is 3.85. The first-order chi connectivity index (χ1) is 12.8. The van der Waals surface area contributed by atoms with Crippen molar-refractivity contribution in [3.63, 3.8) is 0 Å². The molecule has 0 aliphatic carbocycles. The van der Waals surface area contributed by atoms with Crippen LogP contribution in [0.2, 0.25) is 0 Å². The summed E-state index contributed by atoms with van der Waals surface area (Å²) in [5.41, 5.74) is -0.813. The van der Waals surface area contributed by atoms with Gasteiger partial charge in [-0.1, -0.05) is 12.5 Å². The summed E-state index contributed by atoms with van der Waals surface area (Å²) in [4.78, 5) is 24.3. The van der Waals surface area contributed by atoms with E-state index in [4.69, 9.17) is 4.74 Å². The lowest BCUT2D eigenvalue weighted by molar-refractivity contribution is -0.144. The Kier molecular flexibility index (Phi) is 5.55. The number of nitrogens with one attached hydrogen (secondary N) is 1. The van der Waals surface area contributed by atoms with Crippen LogP contribution >= 0.6 is 0 Å². The highest BCUT2D eigenvalue weighted by atomic mass is 32.2. The molecule has 2 aliphatic heterocycles. The van der Waals surface area contributed by atoms with E-state index in [1.165, 1.54) is 16.4 Å². The van der Waals surface area contributed by atoms with E-state index < -0.39 is 27.4 Å². The zero-order valence-corrected chi connectivity index (χ0v) is 16.0. The SMILES string of the molecule is Cc1ccc(C(=O)NC2(C(=O)O)CCOC2)cc1S(=O)(=O)N1CCCCC1. The molecule has 8 nitrogen and oxygen atoms in total. The number of aryl methyl sites for hydroxylation is 1. The van der Waals surface area contributed by atoms with E-state index in [9.17, 15) is 23.1 Å². The van der Waals surface area contributed by atoms with Gasteiger partial charge in [0.2, 0.25) is 10.0 Å². The van der Waals surface area contributed by atoms with Crippen LogP contribution in [0.3, 0.4) is 0 Å². The fraction of sp³-hybridized carbons (Fsp3) is 0.556. The maximum Gasteiger partial charge on any atom is 0.331 e. The van der Waals surface area contributed by atoms with Crippen molar-refractivity contribution in [3.05, 3.63) is 29.3 Å². The minimum atomic E-state index is -3.70. The van der Waals surface area contributed by atoms with Crippen molar-refractivity contribution in [3.8, 4) is 0 Å². The molecule has 0 bridgehead atoms. The molecule has 1 unspecified atom stereocenters. The predicted molar refractivity (Wildman–Crippen MR) is 97.1 cm³/mol. The van der Waals surface area contributed by atoms with Crippen LogP contribution in [0.4, 0.5) is 0 Å². The molecular weight excluding hydrogens is 372 g/mol. The molecule has 1 aromatic carbocycles. The molecule has 1 aromatic rings. The molecule has 3 rings (SSSR count). The van der Waals surface area contributed by atoms with Gasteiger partial charge >= 0.3 is 5.97 Å². The Morgan fingerprint density at radius 3 is 2.52 bits per heavy atom. The van der Waals surface area contributed by atoms with Crippen LogP contribution in [0.15, 0.2) is 23.1 Å². The minimum Gasteiger partial charge on any atom is -0.479 e. The predicted octanol–water partition coefficient (Wildman–Crippen LogP) is 1.14. The smallest absolute Gasteiger partial charge is 0.331 e. The minimum absolute atomic E-state index is 0.0871. The number of rotatable bonds is 5. The molecule has 2 saturated heterocycles. The quantitative estimate of drug-likeness (QED) is 0.772. The summed E-state index contributed by atoms with van der Waals surface area (Å²) in [6.07, 6.45) is 2.81. The average Bonchev–Trinajstić information content (AvgIpc) is 3.12. The molecule has 2 heterocycles. The maximum absolute atomic E-state index is 13.0. The Morgan fingerprint density at radius 2 is 1.93 bits per heavy atom. The normalized spacial score (nSPS) is 23.9. The zero-order valence-electron chi connectivity index (χ0n) is 15.2. The largest absolute Gasteiger partial charge is 0.479 e. The van der Waals surface area contributed by atoms with Gasteiger partial charge in [-0.25, -0.2) is 13.2 Å². The van der Waals surface area contributed by atoms with Crippen LogP contribution in [0.5, 0.6) is 0 Å². The highest BCUT2D eigenvalue weighted by molar-refractivity contribution is 7.89. The Morgan fingerprint density at radius 1 is 1.22 bits per heavy atom. The van der Waals surface area contributed by atoms with E-state index in [1.807, 2.05) is 0 Å². The Balaban J connectivity index is 1.88. The van der Waals surface area contributed by atoms with Gasteiger partial charge in [-0.05, 0) is 37.5 Å². The van der Waals surface area contributed by atoms with Crippen molar-refractivity contribution in [1.29, 1.82) is 0 Å². The summed E-state index contributed by atoms with van der Waals surface area (Å²) < 4.78 is 32.5. The number of ether oxygens (including phenoxy) is 1. The van der Waals surface area contributed by atoms with E-state index in [1.54, 1.807) is 13.0 Å². The molecule has 0 aromatic heterocycles. The van der Waals surface area contributed by atoms with Crippen molar-refractivity contribution in [2.45, 2.75) is 43.0 Å². The lowest BCUT2D eigenvalue weighted by Gasteiger charge is -2.27. The number of carbonyl (C=O) groups excluding carboxylic acids is 1. The van der Waals surface area contributed by atoms with Crippen molar-refractivity contribution < 1.29 is 27.9 Å². The Bertz CT molecular complexity index is 839. The number of amides is 1. The molecule has 2 fully saturated rings. The number of hydrogen-bond donors (Lipinski definition) is 2. The molecule has 0 saturated carbocycles. The number of sulfonamides is 1. The van der Waals surface area contributed by atoms with Crippen molar-refractivity contribution >= 4 is 21.9 Å². The monoisotopic (exact) mass is 396 g/mol. The van der Waals surface area contributed by atoms with Gasteiger partial charge in [-0.2, -0.15) is 4.31 Å². The summed E-state index contributed by atoms with van der Waals surface area (Å²) in [5.74, 6) is -1.79. The first kappa shape index (κ1) is 19.8. The van der Waals surface area contributed by atoms with Crippen LogP contribution in [-0.2, 0) is 19.6 Å². The third-order valence-electron chi connectivity index (χ3n) is 5.17. The summed E-state index contributed by atoms with van der Waals surface area (Å²) in [7, 11) is -3.70. The highest BCUT2D eigenvalue weighted by Gasteiger charge is 2.44. The fourth-order valence-electron chi connectivity index (χ4n) is 3.44. The fourth-order valence-corrected chi connectivity index (χ4v) is 5.21. The topological polar surface area (TPSA) is 113 Å². The number of piperidine rings is 1. The third-order valence-corrected chi connectivity index (χ3v) is 7.21. The maximum atomic E-state index is 13.0. The molecule has 2 aliphatic rings. The lowest BCUT2D eigenvalue weighted by atomic mass is 9.98. The Labute approximate surface area is 158 Å². The number of carboxylic acids is 1. The summed E-state index contributed by atoms with van der Waals surface area (Å²) in [6.45, 7) is 2.76. The van der Waals surface area contributed by atoms with Crippen LogP contribution in [0.1, 0.15) is 41.6 Å². The van der Waals surface area contributed by atoms with E-state index in [2.05, 4.69) is 5.32 Å². The molecule has 1 atom stereocenters. The molecule has 9 heteroatoms. The average molecular weight is 396 g/mol. The second-order valence-corrected chi connectivity index (χ2v) is 9.00. The molecule has 27 heavy (non-hydrogen) atoms. The number of carbonyl (C=O) groups is 2. The molecule has 0 spiro atoms. The number of carboxylic acid groups (broad SMARTS) is 1. The van der Waals surface area contributed by atoms with Crippen LogP contribution in [-0.4, -0.2) is 61.5 Å². The van der Waals surface area contributed by atoms with E-state index in [0.29, 0.717) is 18.7 Å². The Hall–Kier alpha value is -1.97. The molecule has 1 amide bonds. The van der Waals surface area contributed by atoms with Gasteiger partial charge in [0.25, 0.3) is 5.91 Å². The van der Waals surface area contributed by atoms with Gasteiger partial charge in [0.15, 0.2) is 5.54 Å². The van der Waals surface area contributed by atoms with Gasteiger partial charge in [0.1, 0.15) is 0 Å². The van der Waals surface area contributed by atoms with Gasteiger partial charge in [-0.3, -0.25) is 4.79 Å². The van der Waals surface area contributed by atoms with Crippen LogP contribution in [0, 0.1) is 6.92 Å². The van der Waals surface area contributed by atoms with E-state index in [-0.39, 0.29) is 30.1 Å². The van der Waals surface area contributed by atoms with E-state index >= 15 is 0 Å². The molecule has 148 valence electrons. The second-order valence-electron chi connectivity index (χ2n) is 7.09. The van der Waals surface area contributed by atoms with Gasteiger partial charge in [-0.15, -0.1) is 0 Å². The first-order valence-electron chi connectivity index (χ1n) is 9.01. The number of hydrogen-bond acceptors (Lipinski definition) is 5. The highest BCUT2D eigenvalue weighted by Crippen LogP contribution is 2.25. The summed E-state index contributed by atoms with van der Waals surface area (Å²) >= 11 is 0. The van der Waals surface area contributed by atoms with Gasteiger partial charge in [0, 0.05) is 31.7 Å². The summed E-state index contributed by atoms with van der Waals surface area (Å²) in [5, 5.41) is 12.0. The standard InChI is InChI=1S/C18H24N2O6S/c1-13-5-6-14(16(21)19-18(17(22)23)7-10-26-12-18)11-15(13)27(24,25)20-8-3-2-4-9-20/h5-6,11H,2-4,7-10,12H2,1H3,(H,19,21)(H,22,23). The van der Waals surface area contributed by atoms with Crippen molar-refractivity contribution in [1.82, 2.24) is 9.62 Å². The van der Waals surface area contributed by atoms with Crippen molar-refractivity contribution in [2.24, 2.45) is 0 Å². The van der Waals surface area contributed by atoms with Gasteiger partial charge < -0.3 is 15.2 Å². The molecular formula is C18H24N2O6S. The second kappa shape index (κ2) is 7.57.